The van der Waals surface area contributed by atoms with Crippen LogP contribution >= 0.6 is 0 Å². The number of aliphatic hydroxyl groups excluding tert-OH is 1. The Morgan fingerprint density at radius 1 is 1.42 bits per heavy atom. The molecule has 5 heteroatoms. The lowest BCUT2D eigenvalue weighted by molar-refractivity contribution is -0.121. The summed E-state index contributed by atoms with van der Waals surface area (Å²) in [5, 5.41) is 10.4. The summed E-state index contributed by atoms with van der Waals surface area (Å²) in [5.41, 5.74) is 7.65. The van der Waals surface area contributed by atoms with Gasteiger partial charge in [-0.1, -0.05) is 24.3 Å². The summed E-state index contributed by atoms with van der Waals surface area (Å²) >= 11 is 0. The van der Waals surface area contributed by atoms with Crippen molar-refractivity contribution in [3.8, 4) is 0 Å². The third-order valence-corrected chi connectivity index (χ3v) is 4.53. The molecule has 1 aliphatic carbocycles. The van der Waals surface area contributed by atoms with Crippen molar-refractivity contribution in [3.05, 3.63) is 35.4 Å². The molecule has 0 saturated heterocycles. The number of hydrogen-bond acceptors (Lipinski definition) is 4. The van der Waals surface area contributed by atoms with Crippen LogP contribution in [0.4, 0.5) is 0 Å². The third kappa shape index (κ3) is 5.30. The number of carbonyl (C=O) groups is 1. The van der Waals surface area contributed by atoms with Crippen molar-refractivity contribution >= 4 is 5.91 Å². The van der Waals surface area contributed by atoms with E-state index in [-0.39, 0.29) is 30.7 Å². The number of nitrogens with zero attached hydrogens (tertiary/aromatic N) is 1. The van der Waals surface area contributed by atoms with Crippen LogP contribution in [0.2, 0.25) is 0 Å². The van der Waals surface area contributed by atoms with Gasteiger partial charge in [0.15, 0.2) is 0 Å². The average Bonchev–Trinajstić information content (AvgIpc) is 2.51. The Morgan fingerprint density at radius 3 is 2.79 bits per heavy atom. The molecule has 2 atom stereocenters. The van der Waals surface area contributed by atoms with Gasteiger partial charge in [-0.05, 0) is 51.2 Å². The zero-order chi connectivity index (χ0) is 17.7. The Bertz CT molecular complexity index is 554. The number of fused-ring (bicyclic) bond motifs is 1. The molecule has 2 rings (SSSR count). The van der Waals surface area contributed by atoms with E-state index in [1.165, 1.54) is 11.1 Å². The Balaban J connectivity index is 1.91. The van der Waals surface area contributed by atoms with E-state index >= 15 is 0 Å². The SMILES string of the molecule is CC(C)(C)N(CC(N)=O)CC(O)COC1CCCc2ccccc21. The van der Waals surface area contributed by atoms with Crippen molar-refractivity contribution in [3.63, 3.8) is 0 Å². The van der Waals surface area contributed by atoms with Gasteiger partial charge >= 0.3 is 0 Å². The number of primary amides is 1. The lowest BCUT2D eigenvalue weighted by atomic mass is 9.89. The zero-order valence-corrected chi connectivity index (χ0v) is 15.0. The molecular weight excluding hydrogens is 304 g/mol. The Kier molecular flexibility index (Phi) is 6.38. The normalized spacial score (nSPS) is 19.1. The van der Waals surface area contributed by atoms with Gasteiger partial charge in [0.25, 0.3) is 0 Å². The van der Waals surface area contributed by atoms with Gasteiger partial charge in [0.1, 0.15) is 0 Å². The second kappa shape index (κ2) is 8.10. The molecule has 2 unspecified atom stereocenters. The number of ether oxygens (including phenoxy) is 1. The summed E-state index contributed by atoms with van der Waals surface area (Å²) in [4.78, 5) is 13.1. The molecule has 0 spiro atoms. The van der Waals surface area contributed by atoms with E-state index in [0.717, 1.165) is 19.3 Å². The molecule has 0 saturated carbocycles. The fraction of sp³-hybridized carbons (Fsp3) is 0.632. The van der Waals surface area contributed by atoms with Crippen LogP contribution < -0.4 is 5.73 Å². The van der Waals surface area contributed by atoms with E-state index in [2.05, 4.69) is 18.2 Å². The van der Waals surface area contributed by atoms with Gasteiger partial charge in [0.05, 0.1) is 25.4 Å². The van der Waals surface area contributed by atoms with E-state index in [0.29, 0.717) is 6.54 Å². The van der Waals surface area contributed by atoms with Crippen molar-refractivity contribution in [2.75, 3.05) is 19.7 Å². The van der Waals surface area contributed by atoms with Crippen LogP contribution in [0.3, 0.4) is 0 Å². The Labute approximate surface area is 144 Å². The van der Waals surface area contributed by atoms with Crippen LogP contribution in [0.5, 0.6) is 0 Å². The molecule has 0 heterocycles. The first kappa shape index (κ1) is 18.9. The first-order valence-electron chi connectivity index (χ1n) is 8.68. The average molecular weight is 334 g/mol. The van der Waals surface area contributed by atoms with E-state index in [4.69, 9.17) is 10.5 Å². The number of aliphatic hydroxyl groups is 1. The van der Waals surface area contributed by atoms with Crippen LogP contribution in [0.1, 0.15) is 50.8 Å². The smallest absolute Gasteiger partial charge is 0.231 e. The molecular formula is C19H30N2O3. The van der Waals surface area contributed by atoms with E-state index < -0.39 is 6.10 Å². The molecule has 5 nitrogen and oxygen atoms in total. The largest absolute Gasteiger partial charge is 0.389 e. The number of β-amino-alcohol motifs (C(OH)–C–C–N with tert-alkyl or cyclic N) is 1. The maximum atomic E-state index is 11.2. The summed E-state index contributed by atoms with van der Waals surface area (Å²) in [6.07, 6.45) is 2.57. The maximum absolute atomic E-state index is 11.2. The monoisotopic (exact) mass is 334 g/mol. The van der Waals surface area contributed by atoms with Gasteiger partial charge in [0, 0.05) is 12.1 Å². The molecule has 24 heavy (non-hydrogen) atoms. The van der Waals surface area contributed by atoms with E-state index in [1.54, 1.807) is 0 Å². The predicted octanol–water partition coefficient (Wildman–Crippen LogP) is 2.03. The van der Waals surface area contributed by atoms with Crippen LogP contribution in [-0.2, 0) is 16.0 Å². The van der Waals surface area contributed by atoms with Crippen LogP contribution in [-0.4, -0.2) is 47.3 Å². The minimum atomic E-state index is -0.655. The summed E-state index contributed by atoms with van der Waals surface area (Å²) in [6, 6.07) is 8.35. The zero-order valence-electron chi connectivity index (χ0n) is 15.0. The number of nitrogens with two attached hydrogens (primary N) is 1. The standard InChI is InChI=1S/C19H30N2O3/c1-19(2,3)21(12-18(20)23)11-15(22)13-24-17-10-6-8-14-7-4-5-9-16(14)17/h4-5,7,9,15,17,22H,6,8,10-13H2,1-3H3,(H2,20,23). The van der Waals surface area contributed by atoms with Crippen molar-refractivity contribution in [2.45, 2.75) is 57.8 Å². The molecule has 0 radical (unpaired) electrons. The van der Waals surface area contributed by atoms with Crippen molar-refractivity contribution in [1.82, 2.24) is 4.90 Å². The highest BCUT2D eigenvalue weighted by atomic mass is 16.5. The van der Waals surface area contributed by atoms with Gasteiger partial charge in [0.2, 0.25) is 5.91 Å². The summed E-state index contributed by atoms with van der Waals surface area (Å²) in [7, 11) is 0. The van der Waals surface area contributed by atoms with Gasteiger partial charge in [-0.15, -0.1) is 0 Å². The highest BCUT2D eigenvalue weighted by molar-refractivity contribution is 5.76. The third-order valence-electron chi connectivity index (χ3n) is 4.53. The van der Waals surface area contributed by atoms with E-state index in [9.17, 15) is 9.90 Å². The topological polar surface area (TPSA) is 75.8 Å². The van der Waals surface area contributed by atoms with Crippen molar-refractivity contribution in [2.24, 2.45) is 5.73 Å². The van der Waals surface area contributed by atoms with Gasteiger partial charge in [-0.2, -0.15) is 0 Å². The number of amides is 1. The van der Waals surface area contributed by atoms with Gasteiger partial charge in [-0.25, -0.2) is 0 Å². The van der Waals surface area contributed by atoms with Gasteiger partial charge < -0.3 is 15.6 Å². The number of hydrogen-bond donors (Lipinski definition) is 2. The molecule has 1 aromatic rings. The van der Waals surface area contributed by atoms with E-state index in [1.807, 2.05) is 31.7 Å². The highest BCUT2D eigenvalue weighted by Gasteiger charge is 2.26. The first-order chi connectivity index (χ1) is 11.3. The lowest BCUT2D eigenvalue weighted by Gasteiger charge is -2.36. The summed E-state index contributed by atoms with van der Waals surface area (Å²) < 4.78 is 6.00. The fourth-order valence-corrected chi connectivity index (χ4v) is 3.18. The highest BCUT2D eigenvalue weighted by Crippen LogP contribution is 2.32. The quantitative estimate of drug-likeness (QED) is 0.800. The fourth-order valence-electron chi connectivity index (χ4n) is 3.18. The van der Waals surface area contributed by atoms with Crippen LogP contribution in [0.15, 0.2) is 24.3 Å². The van der Waals surface area contributed by atoms with Gasteiger partial charge in [-0.3, -0.25) is 9.69 Å². The van der Waals surface area contributed by atoms with Crippen LogP contribution in [0, 0.1) is 0 Å². The number of aryl methyl sites for hydroxylation is 1. The molecule has 0 bridgehead atoms. The Morgan fingerprint density at radius 2 is 2.12 bits per heavy atom. The minimum Gasteiger partial charge on any atom is -0.389 e. The maximum Gasteiger partial charge on any atom is 0.231 e. The second-order valence-electron chi connectivity index (χ2n) is 7.58. The molecule has 0 fully saturated rings. The molecule has 134 valence electrons. The minimum absolute atomic E-state index is 0.0452. The summed E-state index contributed by atoms with van der Waals surface area (Å²) in [5.74, 6) is -0.390. The number of rotatable bonds is 7. The number of benzene rings is 1. The van der Waals surface area contributed by atoms with Crippen molar-refractivity contribution in [1.29, 1.82) is 0 Å². The van der Waals surface area contributed by atoms with Crippen molar-refractivity contribution < 1.29 is 14.6 Å². The molecule has 3 N–H and O–H groups in total. The predicted molar refractivity (Wildman–Crippen MR) is 94.6 cm³/mol. The molecule has 1 aliphatic rings. The lowest BCUT2D eigenvalue weighted by Crippen LogP contribution is -2.50. The second-order valence-corrected chi connectivity index (χ2v) is 7.58. The molecule has 1 aromatic carbocycles. The van der Waals surface area contributed by atoms with Crippen LogP contribution in [0.25, 0.3) is 0 Å². The first-order valence-corrected chi connectivity index (χ1v) is 8.68. The Hall–Kier alpha value is -1.43. The molecule has 1 amide bonds. The number of carbonyl (C=O) groups excluding carboxylic acids is 1. The molecule has 0 aliphatic heterocycles. The molecule has 0 aromatic heterocycles. The summed E-state index contributed by atoms with van der Waals surface area (Å²) in [6.45, 7) is 6.75.